The number of carbonyl (C=O) groups is 3. The predicted octanol–water partition coefficient (Wildman–Crippen LogP) is 13.2. The molecule has 9 aromatic carbocycles. The third-order valence-electron chi connectivity index (χ3n) is 11.9. The van der Waals surface area contributed by atoms with Crippen molar-refractivity contribution in [2.75, 3.05) is 16.0 Å². The largest absolute Gasteiger partial charge is 0.456 e. The fraction of sp³-hybridized carbons (Fsp3) is 0.0656. The number of hydrogen-bond acceptors (Lipinski definition) is 12. The third kappa shape index (κ3) is 21.1. The second-order valence-corrected chi connectivity index (χ2v) is 24.8. The molecule has 0 saturated heterocycles. The molecular formula is C61H48Cl3F5N6O12S3. The van der Waals surface area contributed by atoms with Crippen LogP contribution in [0, 0.1) is 11.6 Å². The van der Waals surface area contributed by atoms with Crippen molar-refractivity contribution in [3.63, 3.8) is 0 Å². The molecule has 0 aromatic heterocycles. The Morgan fingerprint density at radius 2 is 0.767 bits per heavy atom. The zero-order valence-corrected chi connectivity index (χ0v) is 50.8. The van der Waals surface area contributed by atoms with Gasteiger partial charge in [0.25, 0.3) is 0 Å². The van der Waals surface area contributed by atoms with Crippen LogP contribution in [0.15, 0.2) is 215 Å². The quantitative estimate of drug-likeness (QED) is 0.0437. The van der Waals surface area contributed by atoms with E-state index in [4.69, 9.17) is 64.4 Å². The number of anilines is 3. The molecule has 0 fully saturated rings. The van der Waals surface area contributed by atoms with Crippen LogP contribution in [0.25, 0.3) is 0 Å². The van der Waals surface area contributed by atoms with Gasteiger partial charge in [0.15, 0.2) is 0 Å². The predicted molar refractivity (Wildman–Crippen MR) is 329 cm³/mol. The van der Waals surface area contributed by atoms with Gasteiger partial charge in [-0.1, -0.05) is 95.5 Å². The molecule has 9 rings (SSSR count). The first-order valence-corrected chi connectivity index (χ1v) is 31.5. The normalized spacial score (nSPS) is 11.4. The van der Waals surface area contributed by atoms with Crippen molar-refractivity contribution >= 4 is 99.7 Å². The zero-order valence-electron chi connectivity index (χ0n) is 46.1. The number of primary sulfonamides is 3. The Kier molecular flexibility index (Phi) is 22.9. The summed E-state index contributed by atoms with van der Waals surface area (Å²) in [5, 5.41) is 24.6. The van der Waals surface area contributed by atoms with Gasteiger partial charge in [0.2, 0.25) is 47.8 Å². The highest BCUT2D eigenvalue weighted by atomic mass is 35.5. The molecule has 0 atom stereocenters. The molecule has 0 aliphatic heterocycles. The van der Waals surface area contributed by atoms with Crippen LogP contribution in [0.2, 0.25) is 15.1 Å². The maximum atomic E-state index is 13.2. The number of hydrogen-bond donors (Lipinski definition) is 6. The number of carbonyl (C=O) groups excluding carboxylic acids is 3. The molecule has 0 saturated carbocycles. The maximum Gasteiger partial charge on any atom is 0.416 e. The smallest absolute Gasteiger partial charge is 0.416 e. The van der Waals surface area contributed by atoms with Crippen molar-refractivity contribution in [3.8, 4) is 34.5 Å². The van der Waals surface area contributed by atoms with Gasteiger partial charge < -0.3 is 30.2 Å². The Morgan fingerprint density at radius 3 is 1.13 bits per heavy atom. The van der Waals surface area contributed by atoms with E-state index in [2.05, 4.69) is 16.0 Å². The van der Waals surface area contributed by atoms with Crippen molar-refractivity contribution in [1.29, 1.82) is 0 Å². The number of halogens is 8. The van der Waals surface area contributed by atoms with E-state index in [0.717, 1.165) is 12.1 Å². The van der Waals surface area contributed by atoms with E-state index in [1.807, 2.05) is 0 Å². The molecule has 0 radical (unpaired) electrons. The molecule has 0 heterocycles. The maximum absolute atomic E-state index is 13.2. The molecule has 9 aromatic rings. The lowest BCUT2D eigenvalue weighted by Gasteiger charge is -2.14. The van der Waals surface area contributed by atoms with Gasteiger partial charge in [-0.3, -0.25) is 14.4 Å². The van der Waals surface area contributed by atoms with Crippen LogP contribution in [-0.2, 0) is 69.9 Å². The Balaban J connectivity index is 0.000000192. The molecule has 0 bridgehead atoms. The summed E-state index contributed by atoms with van der Waals surface area (Å²) < 4.78 is 154. The molecule has 9 N–H and O–H groups in total. The molecule has 0 unspecified atom stereocenters. The van der Waals surface area contributed by atoms with Crippen LogP contribution in [0.1, 0.15) is 22.3 Å². The molecule has 0 spiro atoms. The highest BCUT2D eigenvalue weighted by molar-refractivity contribution is 7.89. The summed E-state index contributed by atoms with van der Waals surface area (Å²) in [7, 11) is -12.5. The van der Waals surface area contributed by atoms with E-state index in [9.17, 15) is 61.6 Å². The molecule has 18 nitrogen and oxygen atoms in total. The number of nitrogens with two attached hydrogens (primary N) is 3. The van der Waals surface area contributed by atoms with E-state index in [-0.39, 0.29) is 68.3 Å². The first-order valence-electron chi connectivity index (χ1n) is 25.7. The lowest BCUT2D eigenvalue weighted by Crippen LogP contribution is -2.19. The van der Waals surface area contributed by atoms with Gasteiger partial charge in [0.1, 0.15) is 60.8 Å². The first-order chi connectivity index (χ1) is 42.3. The van der Waals surface area contributed by atoms with Gasteiger partial charge in [-0.15, -0.1) is 0 Å². The monoisotopic (exact) mass is 1350 g/mol. The van der Waals surface area contributed by atoms with Gasteiger partial charge in [0, 0.05) is 32.1 Å². The van der Waals surface area contributed by atoms with Crippen LogP contribution in [0.4, 0.5) is 39.0 Å². The molecule has 0 aliphatic carbocycles. The Labute approximate surface area is 527 Å². The number of nitrogens with one attached hydrogen (secondary N) is 3. The topological polar surface area (TPSA) is 295 Å². The molecule has 29 heteroatoms. The van der Waals surface area contributed by atoms with E-state index in [0.29, 0.717) is 37.7 Å². The molecule has 90 heavy (non-hydrogen) atoms. The molecule has 0 aliphatic rings. The minimum Gasteiger partial charge on any atom is -0.456 e. The van der Waals surface area contributed by atoms with E-state index in [1.54, 1.807) is 60.7 Å². The number of sulfonamides is 3. The lowest BCUT2D eigenvalue weighted by molar-refractivity contribution is -0.138. The number of amides is 3. The van der Waals surface area contributed by atoms with Crippen LogP contribution in [0.5, 0.6) is 34.5 Å². The number of alkyl halides is 3. The summed E-state index contributed by atoms with van der Waals surface area (Å²) in [4.78, 5) is 35.7. The van der Waals surface area contributed by atoms with Crippen molar-refractivity contribution in [3.05, 3.63) is 249 Å². The highest BCUT2D eigenvalue weighted by Crippen LogP contribution is 2.36. The Bertz CT molecular complexity index is 4480. The summed E-state index contributed by atoms with van der Waals surface area (Å²) in [6.45, 7) is 0. The Hall–Kier alpha value is -8.96. The first kappa shape index (κ1) is 68.5. The van der Waals surface area contributed by atoms with Gasteiger partial charge in [-0.05, 0) is 156 Å². The summed E-state index contributed by atoms with van der Waals surface area (Å²) in [6, 6.07) is 46.6. The lowest BCUT2D eigenvalue weighted by atomic mass is 10.0. The average molecular weight is 1350 g/mol. The molecule has 3 amide bonds. The highest BCUT2D eigenvalue weighted by Gasteiger charge is 2.33. The minimum atomic E-state index is -4.61. The Morgan fingerprint density at radius 1 is 0.400 bits per heavy atom. The van der Waals surface area contributed by atoms with Crippen LogP contribution < -0.4 is 45.6 Å². The zero-order chi connectivity index (χ0) is 65.6. The van der Waals surface area contributed by atoms with Gasteiger partial charge in [-0.2, -0.15) is 13.2 Å². The van der Waals surface area contributed by atoms with Crippen molar-refractivity contribution in [2.45, 2.75) is 40.1 Å². The van der Waals surface area contributed by atoms with E-state index >= 15 is 0 Å². The summed E-state index contributed by atoms with van der Waals surface area (Å²) in [5.41, 5.74) is 0.387. The summed E-state index contributed by atoms with van der Waals surface area (Å²) in [5.74, 6) is -1.70. The van der Waals surface area contributed by atoms with Crippen LogP contribution in [0.3, 0.4) is 0 Å². The van der Waals surface area contributed by atoms with Gasteiger partial charge >= 0.3 is 6.18 Å². The van der Waals surface area contributed by atoms with Gasteiger partial charge in [-0.25, -0.2) is 49.5 Å². The van der Waals surface area contributed by atoms with Crippen LogP contribution >= 0.6 is 34.8 Å². The SMILES string of the molecule is NS(=O)(=O)c1cc(NC(=O)Cc2ccc(F)cc2)ccc1Oc1cccc(Cl)c1.NS(=O)(=O)c1cc(NC(=O)Cc2cccc(F)c2)ccc1Oc1cccc(Cl)c1.NS(=O)(=O)c1cc(NC(=O)Cc2ccccc2C(F)(F)F)ccc1Oc1cccc(Cl)c1. The second kappa shape index (κ2) is 30.0. The number of ether oxygens (including phenoxy) is 3. The number of rotatable bonds is 18. The van der Waals surface area contributed by atoms with E-state index in [1.165, 1.54) is 127 Å². The van der Waals surface area contributed by atoms with E-state index < -0.39 is 82.5 Å². The fourth-order valence-corrected chi connectivity index (χ4v) is 10.6. The summed E-state index contributed by atoms with van der Waals surface area (Å²) in [6.07, 6.45) is -5.27. The third-order valence-corrected chi connectivity index (χ3v) is 15.4. The van der Waals surface area contributed by atoms with Crippen molar-refractivity contribution in [1.82, 2.24) is 0 Å². The number of benzene rings is 9. The second-order valence-electron chi connectivity index (χ2n) is 18.9. The van der Waals surface area contributed by atoms with Crippen molar-refractivity contribution < 1.29 is 75.8 Å². The molecular weight excluding hydrogens is 1310 g/mol. The average Bonchev–Trinajstić information content (AvgIpc) is 0.928. The van der Waals surface area contributed by atoms with Crippen molar-refractivity contribution in [2.24, 2.45) is 15.4 Å². The standard InChI is InChI=1S/C21H16ClF3N2O4S.2C20H16ClFN2O4S/c22-14-5-3-6-16(11-14)31-18-9-8-15(12-19(18)32(26,29)30)27-20(28)10-13-4-1-2-7-17(13)21(23,24)25;21-14-4-2-6-17(11-14)28-18-8-7-16(12-19(18)29(23,26)27)24-20(25)10-13-3-1-5-15(22)9-13;21-14-2-1-3-17(11-14)28-18-9-8-16(12-19(18)29(23,26)27)24-20(25)10-13-4-6-15(22)7-5-13/h1-9,11-12H,10H2,(H,27,28)(H2,26,29,30);2*1-9,11-12H,10H2,(H,24,25)(H2,23,26,27). The fourth-order valence-electron chi connectivity index (χ4n) is 8.01. The minimum absolute atomic E-state index is 0.00806. The summed E-state index contributed by atoms with van der Waals surface area (Å²) >= 11 is 17.7. The molecule has 468 valence electrons. The van der Waals surface area contributed by atoms with Crippen LogP contribution in [-0.4, -0.2) is 43.0 Å². The van der Waals surface area contributed by atoms with Gasteiger partial charge in [0.05, 0.1) is 24.8 Å².